The highest BCUT2D eigenvalue weighted by Gasteiger charge is 2.56. The highest BCUT2D eigenvalue weighted by Crippen LogP contribution is 2.54. The third kappa shape index (κ3) is 2.19. The number of benzene rings is 1. The van der Waals surface area contributed by atoms with Crippen LogP contribution >= 0.6 is 0 Å². The molecule has 0 aromatic heterocycles. The molecule has 0 aliphatic heterocycles. The van der Waals surface area contributed by atoms with Crippen molar-refractivity contribution in [2.75, 3.05) is 0 Å². The monoisotopic (exact) mass is 283 g/mol. The lowest BCUT2D eigenvalue weighted by atomic mass is 9.54. The zero-order valence-corrected chi connectivity index (χ0v) is 13.2. The fraction of sp³-hybridized carbons (Fsp3) is 0.632. The van der Waals surface area contributed by atoms with Gasteiger partial charge in [0, 0.05) is 0 Å². The van der Waals surface area contributed by atoms with Crippen molar-refractivity contribution in [2.45, 2.75) is 69.8 Å². The Morgan fingerprint density at radius 1 is 1.10 bits per heavy atom. The summed E-state index contributed by atoms with van der Waals surface area (Å²) in [7, 11) is 0. The Bertz CT molecular complexity index is 585. The van der Waals surface area contributed by atoms with E-state index in [0.717, 1.165) is 50.5 Å². The second-order valence-corrected chi connectivity index (χ2v) is 7.75. The minimum atomic E-state index is -0.889. The molecular weight excluding hydrogens is 258 g/mol. The van der Waals surface area contributed by atoms with E-state index in [-0.39, 0.29) is 5.41 Å². The number of nitrogens with zero attached hydrogens (tertiary/aromatic N) is 1. The van der Waals surface area contributed by atoms with Crippen molar-refractivity contribution < 1.29 is 5.11 Å². The van der Waals surface area contributed by atoms with E-state index < -0.39 is 11.0 Å². The van der Waals surface area contributed by atoms with Crippen LogP contribution in [0.3, 0.4) is 0 Å². The van der Waals surface area contributed by atoms with Gasteiger partial charge >= 0.3 is 0 Å². The molecule has 1 aromatic rings. The zero-order chi connectivity index (χ0) is 15.1. The van der Waals surface area contributed by atoms with Gasteiger partial charge in [-0.3, -0.25) is 0 Å². The van der Waals surface area contributed by atoms with Crippen LogP contribution in [0.25, 0.3) is 0 Å². The van der Waals surface area contributed by atoms with Crippen LogP contribution in [-0.4, -0.2) is 10.7 Å². The Kier molecular flexibility index (Phi) is 3.37. The van der Waals surface area contributed by atoms with Crippen LogP contribution in [0, 0.1) is 16.7 Å². The zero-order valence-electron chi connectivity index (χ0n) is 13.2. The van der Waals surface area contributed by atoms with Gasteiger partial charge in [-0.05, 0) is 61.5 Å². The van der Waals surface area contributed by atoms with Gasteiger partial charge in [-0.15, -0.1) is 0 Å². The van der Waals surface area contributed by atoms with E-state index in [9.17, 15) is 10.4 Å². The minimum Gasteiger partial charge on any atom is -0.388 e. The Hall–Kier alpha value is -1.33. The summed E-state index contributed by atoms with van der Waals surface area (Å²) in [5, 5.41) is 21.6. The molecule has 21 heavy (non-hydrogen) atoms. The predicted molar refractivity (Wildman–Crippen MR) is 83.9 cm³/mol. The third-order valence-corrected chi connectivity index (χ3v) is 5.68. The minimum absolute atomic E-state index is 0.114. The normalized spacial score (nSPS) is 34.8. The molecule has 0 heterocycles. The average molecular weight is 283 g/mol. The Morgan fingerprint density at radius 3 is 2.57 bits per heavy atom. The van der Waals surface area contributed by atoms with Crippen molar-refractivity contribution in [3.63, 3.8) is 0 Å². The lowest BCUT2D eigenvalue weighted by Gasteiger charge is -2.52. The van der Waals surface area contributed by atoms with Gasteiger partial charge in [0.1, 0.15) is 5.41 Å². The molecule has 0 amide bonds. The van der Waals surface area contributed by atoms with E-state index in [4.69, 9.17) is 0 Å². The van der Waals surface area contributed by atoms with Crippen molar-refractivity contribution in [3.05, 3.63) is 35.4 Å². The van der Waals surface area contributed by atoms with Gasteiger partial charge in [-0.1, -0.05) is 38.1 Å². The molecule has 1 fully saturated rings. The molecule has 2 nitrogen and oxygen atoms in total. The van der Waals surface area contributed by atoms with E-state index >= 15 is 0 Å². The second kappa shape index (κ2) is 4.85. The standard InChI is InChI=1S/C19H25NO/c1-17(2)10-6-12-19(21,13-17)18(14-20)11-5-8-15-7-3-4-9-16(15)18/h3-4,7,9,21H,5-6,8,10-13H2,1-2H3. The largest absolute Gasteiger partial charge is 0.388 e. The van der Waals surface area contributed by atoms with E-state index in [1.165, 1.54) is 5.56 Å². The van der Waals surface area contributed by atoms with Crippen LogP contribution < -0.4 is 0 Å². The molecule has 1 N–H and O–H groups in total. The van der Waals surface area contributed by atoms with E-state index in [1.54, 1.807) is 0 Å². The summed E-state index contributed by atoms with van der Waals surface area (Å²) in [5.74, 6) is 0. The maximum Gasteiger partial charge on any atom is 0.111 e. The summed E-state index contributed by atoms with van der Waals surface area (Å²) in [6, 6.07) is 10.8. The Morgan fingerprint density at radius 2 is 1.86 bits per heavy atom. The van der Waals surface area contributed by atoms with Crippen molar-refractivity contribution >= 4 is 0 Å². The first-order valence-electron chi connectivity index (χ1n) is 8.15. The van der Waals surface area contributed by atoms with E-state index in [1.807, 2.05) is 12.1 Å². The summed E-state index contributed by atoms with van der Waals surface area (Å²) < 4.78 is 0. The second-order valence-electron chi connectivity index (χ2n) is 7.75. The van der Waals surface area contributed by atoms with Crippen LogP contribution in [0.5, 0.6) is 0 Å². The summed E-state index contributed by atoms with van der Waals surface area (Å²) in [6.45, 7) is 4.44. The number of aliphatic hydroxyl groups is 1. The van der Waals surface area contributed by atoms with Crippen LogP contribution in [-0.2, 0) is 11.8 Å². The van der Waals surface area contributed by atoms with Gasteiger partial charge in [0.05, 0.1) is 11.7 Å². The molecule has 2 heteroatoms. The van der Waals surface area contributed by atoms with Gasteiger partial charge in [-0.25, -0.2) is 0 Å². The van der Waals surface area contributed by atoms with Gasteiger partial charge < -0.3 is 5.11 Å². The van der Waals surface area contributed by atoms with Gasteiger partial charge in [0.25, 0.3) is 0 Å². The first-order chi connectivity index (χ1) is 9.93. The maximum atomic E-state index is 11.5. The smallest absolute Gasteiger partial charge is 0.111 e. The van der Waals surface area contributed by atoms with Crippen molar-refractivity contribution in [1.82, 2.24) is 0 Å². The first-order valence-corrected chi connectivity index (χ1v) is 8.15. The molecule has 0 spiro atoms. The molecule has 2 aliphatic carbocycles. The lowest BCUT2D eigenvalue weighted by Crippen LogP contribution is -2.56. The first kappa shape index (κ1) is 14.6. The molecular formula is C19H25NO. The third-order valence-electron chi connectivity index (χ3n) is 5.68. The Labute approximate surface area is 127 Å². The van der Waals surface area contributed by atoms with Crippen molar-refractivity contribution in [1.29, 1.82) is 5.26 Å². The lowest BCUT2D eigenvalue weighted by molar-refractivity contribution is -0.0868. The molecule has 1 aromatic carbocycles. The number of nitriles is 1. The molecule has 2 unspecified atom stereocenters. The van der Waals surface area contributed by atoms with E-state index in [0.29, 0.717) is 0 Å². The van der Waals surface area contributed by atoms with Crippen LogP contribution in [0.15, 0.2) is 24.3 Å². The SMILES string of the molecule is CC1(C)CCCC(O)(C2(C#N)CCCc3ccccc32)C1. The summed E-state index contributed by atoms with van der Waals surface area (Å²) in [5.41, 5.74) is 0.837. The molecule has 0 bridgehead atoms. The summed E-state index contributed by atoms with van der Waals surface area (Å²) in [6.07, 6.45) is 6.42. The number of hydrogen-bond donors (Lipinski definition) is 1. The topological polar surface area (TPSA) is 44.0 Å². The average Bonchev–Trinajstić information content (AvgIpc) is 2.45. The molecule has 1 saturated carbocycles. The van der Waals surface area contributed by atoms with Crippen LogP contribution in [0.2, 0.25) is 0 Å². The molecule has 2 aliphatic rings. The highest BCUT2D eigenvalue weighted by atomic mass is 16.3. The molecule has 2 atom stereocenters. The predicted octanol–water partition coefficient (Wildman–Crippen LogP) is 4.12. The van der Waals surface area contributed by atoms with Gasteiger partial charge in [0.15, 0.2) is 0 Å². The molecule has 3 rings (SSSR count). The van der Waals surface area contributed by atoms with Gasteiger partial charge in [0.2, 0.25) is 0 Å². The van der Waals surface area contributed by atoms with Gasteiger partial charge in [-0.2, -0.15) is 5.26 Å². The van der Waals surface area contributed by atoms with Crippen molar-refractivity contribution in [2.24, 2.45) is 5.41 Å². The Balaban J connectivity index is 2.12. The number of hydrogen-bond acceptors (Lipinski definition) is 2. The maximum absolute atomic E-state index is 11.5. The van der Waals surface area contributed by atoms with E-state index in [2.05, 4.69) is 32.0 Å². The van der Waals surface area contributed by atoms with Crippen molar-refractivity contribution in [3.8, 4) is 6.07 Å². The number of rotatable bonds is 1. The number of aryl methyl sites for hydroxylation is 1. The fourth-order valence-corrected chi connectivity index (χ4v) is 4.73. The summed E-state index contributed by atoms with van der Waals surface area (Å²) in [4.78, 5) is 0. The molecule has 0 saturated heterocycles. The quantitative estimate of drug-likeness (QED) is 0.842. The highest BCUT2D eigenvalue weighted by molar-refractivity contribution is 5.45. The molecule has 112 valence electrons. The fourth-order valence-electron chi connectivity index (χ4n) is 4.73. The van der Waals surface area contributed by atoms with Crippen LogP contribution in [0.1, 0.15) is 63.5 Å². The van der Waals surface area contributed by atoms with Crippen LogP contribution in [0.4, 0.5) is 0 Å². The molecule has 0 radical (unpaired) electrons. The number of fused-ring (bicyclic) bond motifs is 1. The summed E-state index contributed by atoms with van der Waals surface area (Å²) >= 11 is 0.